The Balaban J connectivity index is 2.64. The zero-order chi connectivity index (χ0) is 14.3. The molecule has 0 aromatic heterocycles. The summed E-state index contributed by atoms with van der Waals surface area (Å²) in [5.74, 6) is 0.986. The Morgan fingerprint density at radius 3 is 2.32 bits per heavy atom. The van der Waals surface area contributed by atoms with Crippen LogP contribution in [0.2, 0.25) is 0 Å². The van der Waals surface area contributed by atoms with E-state index < -0.39 is 5.60 Å². The summed E-state index contributed by atoms with van der Waals surface area (Å²) >= 11 is 3.29. The molecule has 106 valence electrons. The molecule has 0 aliphatic rings. The van der Waals surface area contributed by atoms with Gasteiger partial charge in [0.05, 0.1) is 13.2 Å². The number of esters is 1. The highest BCUT2D eigenvalue weighted by Gasteiger charge is 2.31. The maximum absolute atomic E-state index is 11.7. The number of alkyl halides is 1. The first kappa shape index (κ1) is 15.8. The molecule has 0 saturated carbocycles. The summed E-state index contributed by atoms with van der Waals surface area (Å²) in [5, 5.41) is 0.779. The molecular weight excluding hydrogens is 312 g/mol. The summed E-state index contributed by atoms with van der Waals surface area (Å²) in [6, 6.07) is 7.15. The van der Waals surface area contributed by atoms with Crippen LogP contribution in [0.1, 0.15) is 20.8 Å². The average Bonchev–Trinajstić information content (AvgIpc) is 2.38. The highest BCUT2D eigenvalue weighted by atomic mass is 79.9. The Labute approximate surface area is 122 Å². The van der Waals surface area contributed by atoms with Crippen LogP contribution in [-0.2, 0) is 9.53 Å². The fraction of sp³-hybridized carbons (Fsp3) is 0.500. The number of halogens is 1. The molecule has 0 aliphatic heterocycles. The van der Waals surface area contributed by atoms with E-state index in [0.717, 1.165) is 11.1 Å². The zero-order valence-electron chi connectivity index (χ0n) is 11.4. The number of carbonyl (C=O) groups excluding carboxylic acids is 1. The molecule has 1 rings (SSSR count). The van der Waals surface area contributed by atoms with Gasteiger partial charge in [-0.05, 0) is 45.0 Å². The maximum Gasteiger partial charge on any atom is 0.349 e. The monoisotopic (exact) mass is 330 g/mol. The van der Waals surface area contributed by atoms with Gasteiger partial charge < -0.3 is 14.2 Å². The molecule has 19 heavy (non-hydrogen) atoms. The van der Waals surface area contributed by atoms with E-state index in [0.29, 0.717) is 19.0 Å². The summed E-state index contributed by atoms with van der Waals surface area (Å²) in [5.41, 5.74) is -1.01. The van der Waals surface area contributed by atoms with Gasteiger partial charge in [-0.3, -0.25) is 0 Å². The van der Waals surface area contributed by atoms with E-state index in [1.165, 1.54) is 0 Å². The van der Waals surface area contributed by atoms with Crippen LogP contribution in [0.15, 0.2) is 24.3 Å². The van der Waals surface area contributed by atoms with Crippen LogP contribution in [0.5, 0.6) is 11.5 Å². The van der Waals surface area contributed by atoms with Crippen molar-refractivity contribution in [3.63, 3.8) is 0 Å². The van der Waals surface area contributed by atoms with Crippen molar-refractivity contribution in [1.29, 1.82) is 0 Å². The van der Waals surface area contributed by atoms with Crippen LogP contribution in [0.3, 0.4) is 0 Å². The SMILES string of the molecule is CCOC(=O)C(C)(C)Oc1ccc(OCCBr)cc1. The predicted octanol–water partition coefficient (Wildman–Crippen LogP) is 3.18. The van der Waals surface area contributed by atoms with Crippen LogP contribution in [0.25, 0.3) is 0 Å². The Hall–Kier alpha value is -1.23. The molecule has 0 spiro atoms. The minimum Gasteiger partial charge on any atom is -0.493 e. The van der Waals surface area contributed by atoms with Crippen molar-refractivity contribution in [2.24, 2.45) is 0 Å². The van der Waals surface area contributed by atoms with Crippen molar-refractivity contribution >= 4 is 21.9 Å². The van der Waals surface area contributed by atoms with Gasteiger partial charge >= 0.3 is 5.97 Å². The van der Waals surface area contributed by atoms with Crippen LogP contribution in [0, 0.1) is 0 Å². The third-order valence-corrected chi connectivity index (χ3v) is 2.63. The molecule has 4 nitrogen and oxygen atoms in total. The molecular formula is C14H19BrO4. The lowest BCUT2D eigenvalue weighted by atomic mass is 10.1. The highest BCUT2D eigenvalue weighted by Crippen LogP contribution is 2.22. The van der Waals surface area contributed by atoms with Gasteiger partial charge in [0.25, 0.3) is 0 Å². The minimum atomic E-state index is -1.01. The van der Waals surface area contributed by atoms with Gasteiger partial charge in [0.1, 0.15) is 11.5 Å². The maximum atomic E-state index is 11.7. The van der Waals surface area contributed by atoms with E-state index in [2.05, 4.69) is 15.9 Å². The molecule has 0 atom stereocenters. The highest BCUT2D eigenvalue weighted by molar-refractivity contribution is 9.09. The minimum absolute atomic E-state index is 0.338. The molecule has 5 heteroatoms. The van der Waals surface area contributed by atoms with Crippen LogP contribution < -0.4 is 9.47 Å². The van der Waals surface area contributed by atoms with Crippen LogP contribution in [0.4, 0.5) is 0 Å². The Kier molecular flexibility index (Phi) is 6.15. The first-order valence-corrected chi connectivity index (χ1v) is 7.27. The largest absolute Gasteiger partial charge is 0.493 e. The molecule has 0 unspecified atom stereocenters. The average molecular weight is 331 g/mol. The predicted molar refractivity (Wildman–Crippen MR) is 77.1 cm³/mol. The second-order valence-corrected chi connectivity index (χ2v) is 5.13. The summed E-state index contributed by atoms with van der Waals surface area (Å²) in [7, 11) is 0. The summed E-state index contributed by atoms with van der Waals surface area (Å²) < 4.78 is 16.0. The van der Waals surface area contributed by atoms with Crippen molar-refractivity contribution in [3.05, 3.63) is 24.3 Å². The molecule has 0 radical (unpaired) electrons. The van der Waals surface area contributed by atoms with Crippen molar-refractivity contribution in [1.82, 2.24) is 0 Å². The number of benzene rings is 1. The standard InChI is InChI=1S/C14H19BrO4/c1-4-17-13(16)14(2,3)19-12-7-5-11(6-8-12)18-10-9-15/h5-8H,4,9-10H2,1-3H3. The summed E-state index contributed by atoms with van der Waals surface area (Å²) in [4.78, 5) is 11.7. The van der Waals surface area contributed by atoms with E-state index in [9.17, 15) is 4.79 Å². The molecule has 0 N–H and O–H groups in total. The summed E-state index contributed by atoms with van der Waals surface area (Å²) in [6.07, 6.45) is 0. The number of hydrogen-bond donors (Lipinski definition) is 0. The first-order valence-electron chi connectivity index (χ1n) is 6.14. The summed E-state index contributed by atoms with van der Waals surface area (Å²) in [6.45, 7) is 6.07. The van der Waals surface area contributed by atoms with Gasteiger partial charge in [-0.1, -0.05) is 15.9 Å². The first-order chi connectivity index (χ1) is 8.99. The van der Waals surface area contributed by atoms with Crippen molar-refractivity contribution in [2.75, 3.05) is 18.5 Å². The molecule has 1 aromatic carbocycles. The third-order valence-electron chi connectivity index (χ3n) is 2.31. The van der Waals surface area contributed by atoms with Gasteiger partial charge in [-0.25, -0.2) is 4.79 Å². The lowest BCUT2D eigenvalue weighted by molar-refractivity contribution is -0.158. The molecule has 0 amide bonds. The van der Waals surface area contributed by atoms with E-state index in [-0.39, 0.29) is 5.97 Å². The Bertz CT molecular complexity index is 400. The topological polar surface area (TPSA) is 44.8 Å². The van der Waals surface area contributed by atoms with E-state index >= 15 is 0 Å². The quantitative estimate of drug-likeness (QED) is 0.569. The molecule has 0 bridgehead atoms. The fourth-order valence-corrected chi connectivity index (χ4v) is 1.56. The van der Waals surface area contributed by atoms with Crippen LogP contribution in [-0.4, -0.2) is 30.1 Å². The molecule has 0 saturated heterocycles. The van der Waals surface area contributed by atoms with Crippen molar-refractivity contribution in [2.45, 2.75) is 26.4 Å². The molecule has 0 fully saturated rings. The normalized spacial score (nSPS) is 10.9. The number of hydrogen-bond acceptors (Lipinski definition) is 4. The Morgan fingerprint density at radius 2 is 1.79 bits per heavy atom. The number of carbonyl (C=O) groups is 1. The van der Waals surface area contributed by atoms with Gasteiger partial charge in [-0.15, -0.1) is 0 Å². The lowest BCUT2D eigenvalue weighted by Gasteiger charge is -2.24. The second-order valence-electron chi connectivity index (χ2n) is 4.34. The number of ether oxygens (including phenoxy) is 3. The van der Waals surface area contributed by atoms with E-state index in [1.807, 2.05) is 0 Å². The van der Waals surface area contributed by atoms with Crippen molar-refractivity contribution < 1.29 is 19.0 Å². The number of rotatable bonds is 7. The molecule has 0 aliphatic carbocycles. The van der Waals surface area contributed by atoms with E-state index in [4.69, 9.17) is 14.2 Å². The zero-order valence-corrected chi connectivity index (χ0v) is 13.0. The van der Waals surface area contributed by atoms with Gasteiger partial charge in [-0.2, -0.15) is 0 Å². The van der Waals surface area contributed by atoms with Crippen LogP contribution >= 0.6 is 15.9 Å². The second kappa shape index (κ2) is 7.38. The van der Waals surface area contributed by atoms with Gasteiger partial charge in [0, 0.05) is 5.33 Å². The van der Waals surface area contributed by atoms with Crippen molar-refractivity contribution in [3.8, 4) is 11.5 Å². The fourth-order valence-electron chi connectivity index (χ4n) is 1.40. The smallest absolute Gasteiger partial charge is 0.349 e. The molecule has 1 aromatic rings. The van der Waals surface area contributed by atoms with Gasteiger partial charge in [0.2, 0.25) is 0 Å². The van der Waals surface area contributed by atoms with E-state index in [1.54, 1.807) is 45.0 Å². The molecule has 0 heterocycles. The lowest BCUT2D eigenvalue weighted by Crippen LogP contribution is -2.39. The Morgan fingerprint density at radius 1 is 1.21 bits per heavy atom. The third kappa shape index (κ3) is 5.11. The van der Waals surface area contributed by atoms with Gasteiger partial charge in [0.15, 0.2) is 5.60 Å².